The molecule has 0 aliphatic rings. The molecule has 0 spiro atoms. The number of fused-ring (bicyclic) bond motifs is 3. The maximum absolute atomic E-state index is 5.00. The molecule has 0 bridgehead atoms. The molecule has 0 amide bonds. The minimum absolute atomic E-state index is 0.903. The SMILES string of the molecule is CN(C)C(=Nc1cccc2sc3cccc(N=C(N(C)C)N(C)C)c3c12)N(C)C. The van der Waals surface area contributed by atoms with E-state index in [1.165, 1.54) is 9.40 Å². The van der Waals surface area contributed by atoms with Crippen LogP contribution in [0.4, 0.5) is 11.4 Å². The number of hydrogen-bond donors (Lipinski definition) is 0. The molecule has 0 atom stereocenters. The number of nitrogens with zero attached hydrogens (tertiary/aromatic N) is 6. The van der Waals surface area contributed by atoms with Crippen molar-refractivity contribution in [3.05, 3.63) is 36.4 Å². The molecule has 1 aromatic heterocycles. The van der Waals surface area contributed by atoms with E-state index in [4.69, 9.17) is 9.98 Å². The lowest BCUT2D eigenvalue weighted by molar-refractivity contribution is 0.484. The van der Waals surface area contributed by atoms with Crippen LogP contribution in [0.3, 0.4) is 0 Å². The minimum atomic E-state index is 0.903. The van der Waals surface area contributed by atoms with Gasteiger partial charge in [-0.25, -0.2) is 9.98 Å². The highest BCUT2D eigenvalue weighted by Crippen LogP contribution is 2.43. The summed E-state index contributed by atoms with van der Waals surface area (Å²) in [4.78, 5) is 18.1. The zero-order chi connectivity index (χ0) is 21.3. The predicted molar refractivity (Wildman–Crippen MR) is 128 cm³/mol. The van der Waals surface area contributed by atoms with Gasteiger partial charge in [-0.3, -0.25) is 0 Å². The smallest absolute Gasteiger partial charge is 0.200 e. The second-order valence-electron chi connectivity index (χ2n) is 7.80. The maximum Gasteiger partial charge on any atom is 0.200 e. The largest absolute Gasteiger partial charge is 0.349 e. The van der Waals surface area contributed by atoms with Crippen LogP contribution in [0.25, 0.3) is 20.2 Å². The topological polar surface area (TPSA) is 37.7 Å². The zero-order valence-corrected chi connectivity index (χ0v) is 19.4. The Hall–Kier alpha value is -2.80. The molecule has 6 nitrogen and oxygen atoms in total. The van der Waals surface area contributed by atoms with Crippen LogP contribution in [0.15, 0.2) is 46.4 Å². The van der Waals surface area contributed by atoms with Crippen LogP contribution in [0.2, 0.25) is 0 Å². The third-order valence-corrected chi connectivity index (χ3v) is 5.64. The van der Waals surface area contributed by atoms with Crippen molar-refractivity contribution in [2.45, 2.75) is 0 Å². The van der Waals surface area contributed by atoms with Crippen molar-refractivity contribution in [3.63, 3.8) is 0 Å². The van der Waals surface area contributed by atoms with Gasteiger partial charge in [0.1, 0.15) is 0 Å². The summed E-state index contributed by atoms with van der Waals surface area (Å²) in [6.07, 6.45) is 0. The number of hydrogen-bond acceptors (Lipinski definition) is 3. The first-order chi connectivity index (χ1) is 13.7. The second kappa shape index (κ2) is 8.29. The van der Waals surface area contributed by atoms with Crippen LogP contribution in [-0.2, 0) is 0 Å². The van der Waals surface area contributed by atoms with Crippen LogP contribution in [-0.4, -0.2) is 87.9 Å². The molecule has 29 heavy (non-hydrogen) atoms. The molecule has 0 fully saturated rings. The third kappa shape index (κ3) is 4.15. The monoisotopic (exact) mass is 410 g/mol. The maximum atomic E-state index is 5.00. The van der Waals surface area contributed by atoms with Crippen molar-refractivity contribution < 1.29 is 0 Å². The van der Waals surface area contributed by atoms with Gasteiger partial charge in [0.15, 0.2) is 0 Å². The van der Waals surface area contributed by atoms with E-state index in [0.717, 1.165) is 34.1 Å². The summed E-state index contributed by atoms with van der Waals surface area (Å²) in [6, 6.07) is 12.6. The van der Waals surface area contributed by atoms with Crippen LogP contribution in [0, 0.1) is 0 Å². The third-order valence-electron chi connectivity index (χ3n) is 4.52. The van der Waals surface area contributed by atoms with Gasteiger partial charge in [0.2, 0.25) is 11.9 Å². The molecule has 0 saturated carbocycles. The van der Waals surface area contributed by atoms with Crippen molar-refractivity contribution in [2.75, 3.05) is 56.4 Å². The second-order valence-corrected chi connectivity index (χ2v) is 8.89. The van der Waals surface area contributed by atoms with Crippen molar-refractivity contribution in [1.82, 2.24) is 19.6 Å². The lowest BCUT2D eigenvalue weighted by Crippen LogP contribution is -2.35. The molecule has 0 aliphatic carbocycles. The fourth-order valence-electron chi connectivity index (χ4n) is 3.43. The van der Waals surface area contributed by atoms with E-state index in [0.29, 0.717) is 0 Å². The molecule has 3 rings (SSSR count). The van der Waals surface area contributed by atoms with Crippen LogP contribution >= 0.6 is 11.3 Å². The fraction of sp³-hybridized carbons (Fsp3) is 0.364. The number of rotatable bonds is 2. The Balaban J connectivity index is 2.36. The summed E-state index contributed by atoms with van der Waals surface area (Å²) in [7, 11) is 16.1. The van der Waals surface area contributed by atoms with Crippen molar-refractivity contribution in [1.29, 1.82) is 0 Å². The fourth-order valence-corrected chi connectivity index (χ4v) is 4.58. The highest BCUT2D eigenvalue weighted by molar-refractivity contribution is 7.26. The summed E-state index contributed by atoms with van der Waals surface area (Å²) in [6.45, 7) is 0. The quantitative estimate of drug-likeness (QED) is 0.467. The molecule has 1 heterocycles. The lowest BCUT2D eigenvalue weighted by Gasteiger charge is -2.23. The van der Waals surface area contributed by atoms with Crippen LogP contribution in [0.5, 0.6) is 0 Å². The molecule has 0 saturated heterocycles. The normalized spacial score (nSPS) is 10.8. The first-order valence-corrected chi connectivity index (χ1v) is 10.3. The van der Waals surface area contributed by atoms with Crippen molar-refractivity contribution in [3.8, 4) is 0 Å². The Kier molecular flexibility index (Phi) is 5.98. The van der Waals surface area contributed by atoms with Gasteiger partial charge < -0.3 is 19.6 Å². The van der Waals surface area contributed by atoms with E-state index in [1.54, 1.807) is 11.3 Å². The van der Waals surface area contributed by atoms with E-state index in [1.807, 2.05) is 76.0 Å². The van der Waals surface area contributed by atoms with E-state index < -0.39 is 0 Å². The Morgan fingerprint density at radius 2 is 0.931 bits per heavy atom. The van der Waals surface area contributed by atoms with E-state index in [2.05, 4.69) is 36.4 Å². The zero-order valence-electron chi connectivity index (χ0n) is 18.6. The van der Waals surface area contributed by atoms with Crippen LogP contribution < -0.4 is 0 Å². The first kappa shape index (κ1) is 20.9. The molecule has 0 aliphatic heterocycles. The molecule has 0 radical (unpaired) electrons. The van der Waals surface area contributed by atoms with E-state index in [9.17, 15) is 0 Å². The number of guanidine groups is 2. The Morgan fingerprint density at radius 1 is 0.586 bits per heavy atom. The molecule has 2 aromatic carbocycles. The number of thiophene rings is 1. The Morgan fingerprint density at radius 3 is 1.24 bits per heavy atom. The van der Waals surface area contributed by atoms with Crippen LogP contribution in [0.1, 0.15) is 0 Å². The van der Waals surface area contributed by atoms with E-state index in [-0.39, 0.29) is 0 Å². The van der Waals surface area contributed by atoms with Crippen molar-refractivity contribution >= 4 is 54.8 Å². The van der Waals surface area contributed by atoms with Gasteiger partial charge in [-0.2, -0.15) is 0 Å². The van der Waals surface area contributed by atoms with E-state index >= 15 is 0 Å². The molecule has 0 unspecified atom stereocenters. The molecular weight excluding hydrogens is 380 g/mol. The van der Waals surface area contributed by atoms with Gasteiger partial charge in [0.25, 0.3) is 0 Å². The lowest BCUT2D eigenvalue weighted by atomic mass is 10.1. The van der Waals surface area contributed by atoms with Gasteiger partial charge >= 0.3 is 0 Å². The Labute approximate surface area is 177 Å². The van der Waals surface area contributed by atoms with Crippen molar-refractivity contribution in [2.24, 2.45) is 9.98 Å². The Bertz CT molecular complexity index is 971. The highest BCUT2D eigenvalue weighted by atomic mass is 32.1. The van der Waals surface area contributed by atoms with Gasteiger partial charge in [-0.1, -0.05) is 12.1 Å². The summed E-state index contributed by atoms with van der Waals surface area (Å²) in [5.74, 6) is 1.81. The number of aliphatic imine (C=N–C) groups is 2. The summed E-state index contributed by atoms with van der Waals surface area (Å²) >= 11 is 1.78. The summed E-state index contributed by atoms with van der Waals surface area (Å²) in [5.41, 5.74) is 1.93. The first-order valence-electron chi connectivity index (χ1n) is 9.51. The van der Waals surface area contributed by atoms with Gasteiger partial charge in [-0.15, -0.1) is 11.3 Å². The average Bonchev–Trinajstić information content (AvgIpc) is 3.02. The van der Waals surface area contributed by atoms with Gasteiger partial charge in [0.05, 0.1) is 11.4 Å². The summed E-state index contributed by atoms with van der Waals surface area (Å²) in [5, 5.41) is 2.31. The predicted octanol–water partition coefficient (Wildman–Crippen LogP) is 4.28. The molecule has 0 N–H and O–H groups in total. The molecular formula is C22H30N6S. The summed E-state index contributed by atoms with van der Waals surface area (Å²) < 4.78 is 2.44. The molecule has 3 aromatic rings. The number of benzene rings is 2. The highest BCUT2D eigenvalue weighted by Gasteiger charge is 2.15. The molecule has 154 valence electrons. The standard InChI is InChI=1S/C22H30N6S/c1-25(2)21(26(3)4)23-15-11-9-13-17-19(15)20-16(12-10-14-18(20)29-17)24-22(27(5)6)28(7)8/h9-14H,1-8H3. The average molecular weight is 411 g/mol. The molecule has 7 heteroatoms. The minimum Gasteiger partial charge on any atom is -0.349 e. The van der Waals surface area contributed by atoms with Gasteiger partial charge in [0, 0.05) is 76.6 Å². The van der Waals surface area contributed by atoms with Gasteiger partial charge in [-0.05, 0) is 24.3 Å².